The van der Waals surface area contributed by atoms with E-state index in [1.807, 2.05) is 0 Å². The molecule has 0 amide bonds. The number of benzene rings is 1. The predicted molar refractivity (Wildman–Crippen MR) is 41.6 cm³/mol. The predicted octanol–water partition coefficient (Wildman–Crippen LogP) is 0.746. The van der Waals surface area contributed by atoms with E-state index in [1.165, 1.54) is 18.2 Å². The Balaban J connectivity index is 3.29. The Morgan fingerprint density at radius 3 is 2.50 bits per heavy atom. The van der Waals surface area contributed by atoms with Gasteiger partial charge < -0.3 is 0 Å². The van der Waals surface area contributed by atoms with Crippen LogP contribution in [0.2, 0.25) is 0 Å². The lowest BCUT2D eigenvalue weighted by Crippen LogP contribution is -1.98. The summed E-state index contributed by atoms with van der Waals surface area (Å²) in [5.41, 5.74) is 0.213. The number of hydrogen-bond donors (Lipinski definition) is 1. The summed E-state index contributed by atoms with van der Waals surface area (Å²) in [6.45, 7) is 0. The molecule has 0 unspecified atom stereocenters. The fourth-order valence-corrected chi connectivity index (χ4v) is 1.28. The van der Waals surface area contributed by atoms with Crippen molar-refractivity contribution in [2.75, 3.05) is 0 Å². The third kappa shape index (κ3) is 1.90. The van der Waals surface area contributed by atoms with Gasteiger partial charge in [0.05, 0.1) is 4.90 Å². The first-order valence-electron chi connectivity index (χ1n) is 3.07. The topological polar surface area (TPSA) is 71.4 Å². The molecule has 0 aliphatic carbocycles. The minimum absolute atomic E-state index is 0.213. The van der Waals surface area contributed by atoms with Crippen LogP contribution < -0.4 is 0 Å². The van der Waals surface area contributed by atoms with Crippen molar-refractivity contribution in [2.24, 2.45) is 0 Å². The smallest absolute Gasteiger partial charge is 0.294 e. The lowest BCUT2D eigenvalue weighted by atomic mass is 10.2. The van der Waals surface area contributed by atoms with Crippen molar-refractivity contribution < 1.29 is 17.8 Å². The summed E-state index contributed by atoms with van der Waals surface area (Å²) >= 11 is 0. The average molecular weight is 186 g/mol. The van der Waals surface area contributed by atoms with Gasteiger partial charge in [-0.3, -0.25) is 9.35 Å². The van der Waals surface area contributed by atoms with E-state index in [0.29, 0.717) is 6.29 Å². The van der Waals surface area contributed by atoms with Gasteiger partial charge >= 0.3 is 0 Å². The Morgan fingerprint density at radius 2 is 2.00 bits per heavy atom. The highest BCUT2D eigenvalue weighted by Gasteiger charge is 2.08. The van der Waals surface area contributed by atoms with Crippen LogP contribution in [0.3, 0.4) is 0 Å². The van der Waals surface area contributed by atoms with Gasteiger partial charge in [0.25, 0.3) is 10.1 Å². The first kappa shape index (κ1) is 8.89. The molecule has 0 radical (unpaired) electrons. The molecule has 1 aromatic carbocycles. The largest absolute Gasteiger partial charge is 0.298 e. The van der Waals surface area contributed by atoms with Crippen LogP contribution in [-0.2, 0) is 10.1 Å². The first-order chi connectivity index (χ1) is 5.54. The van der Waals surface area contributed by atoms with E-state index < -0.39 is 10.1 Å². The highest BCUT2D eigenvalue weighted by molar-refractivity contribution is 7.85. The van der Waals surface area contributed by atoms with Crippen molar-refractivity contribution in [3.8, 4) is 0 Å². The summed E-state index contributed by atoms with van der Waals surface area (Å²) in [5, 5.41) is 0. The molecule has 0 saturated carbocycles. The fourth-order valence-electron chi connectivity index (χ4n) is 0.748. The van der Waals surface area contributed by atoms with E-state index >= 15 is 0 Å². The summed E-state index contributed by atoms with van der Waals surface area (Å²) < 4.78 is 29.6. The van der Waals surface area contributed by atoms with E-state index in [-0.39, 0.29) is 10.5 Å². The fraction of sp³-hybridized carbons (Fsp3) is 0. The van der Waals surface area contributed by atoms with Crippen LogP contribution in [-0.4, -0.2) is 19.3 Å². The van der Waals surface area contributed by atoms with Crippen LogP contribution in [0, 0.1) is 0 Å². The van der Waals surface area contributed by atoms with Crippen molar-refractivity contribution in [2.45, 2.75) is 4.90 Å². The van der Waals surface area contributed by atoms with Crippen molar-refractivity contribution in [1.82, 2.24) is 0 Å². The Bertz CT molecular complexity index is 394. The monoisotopic (exact) mass is 186 g/mol. The van der Waals surface area contributed by atoms with Crippen molar-refractivity contribution >= 4 is 16.4 Å². The number of rotatable bonds is 2. The normalized spacial score (nSPS) is 11.1. The van der Waals surface area contributed by atoms with Crippen molar-refractivity contribution in [3.05, 3.63) is 29.8 Å². The second-order valence-electron chi connectivity index (χ2n) is 2.17. The number of carbonyl (C=O) groups is 1. The molecule has 1 rings (SSSR count). The van der Waals surface area contributed by atoms with Crippen LogP contribution >= 0.6 is 0 Å². The lowest BCUT2D eigenvalue weighted by molar-refractivity contribution is 0.112. The van der Waals surface area contributed by atoms with Gasteiger partial charge in [-0.15, -0.1) is 0 Å². The third-order valence-electron chi connectivity index (χ3n) is 1.29. The number of carbonyl (C=O) groups excluding carboxylic acids is 1. The molecule has 0 aliphatic heterocycles. The highest BCUT2D eigenvalue weighted by atomic mass is 32.2. The van der Waals surface area contributed by atoms with E-state index in [4.69, 9.17) is 4.55 Å². The quantitative estimate of drug-likeness (QED) is 0.546. The van der Waals surface area contributed by atoms with Crippen LogP contribution in [0.1, 0.15) is 10.4 Å². The Hall–Kier alpha value is -1.20. The minimum Gasteiger partial charge on any atom is -0.298 e. The van der Waals surface area contributed by atoms with E-state index in [2.05, 4.69) is 0 Å². The molecule has 0 aromatic heterocycles. The van der Waals surface area contributed by atoms with Gasteiger partial charge in [0.1, 0.15) is 6.29 Å². The summed E-state index contributed by atoms with van der Waals surface area (Å²) in [4.78, 5) is 9.94. The maximum absolute atomic E-state index is 10.5. The van der Waals surface area contributed by atoms with Crippen molar-refractivity contribution in [1.29, 1.82) is 0 Å². The van der Waals surface area contributed by atoms with Crippen LogP contribution in [0.15, 0.2) is 29.2 Å². The third-order valence-corrected chi connectivity index (χ3v) is 2.14. The Kier molecular flexibility index (Phi) is 2.25. The van der Waals surface area contributed by atoms with Gasteiger partial charge in [-0.25, -0.2) is 0 Å². The van der Waals surface area contributed by atoms with Crippen LogP contribution in [0.5, 0.6) is 0 Å². The van der Waals surface area contributed by atoms with Crippen LogP contribution in [0.25, 0.3) is 0 Å². The van der Waals surface area contributed by atoms with Gasteiger partial charge in [0.15, 0.2) is 0 Å². The SMILES string of the molecule is O=Cc1cccc(S(=O)(=O)O)c1. The maximum Gasteiger partial charge on any atom is 0.294 e. The lowest BCUT2D eigenvalue weighted by Gasteiger charge is -1.95. The zero-order valence-corrected chi connectivity index (χ0v) is 6.78. The molecule has 0 spiro atoms. The summed E-state index contributed by atoms with van der Waals surface area (Å²) in [5.74, 6) is 0. The molecular weight excluding hydrogens is 180 g/mol. The molecule has 64 valence electrons. The Morgan fingerprint density at radius 1 is 1.33 bits per heavy atom. The molecule has 0 heterocycles. The molecule has 0 bridgehead atoms. The van der Waals surface area contributed by atoms with E-state index in [0.717, 1.165) is 6.07 Å². The minimum atomic E-state index is -4.19. The molecule has 12 heavy (non-hydrogen) atoms. The molecule has 0 atom stereocenters. The number of hydrogen-bond acceptors (Lipinski definition) is 3. The maximum atomic E-state index is 10.5. The second kappa shape index (κ2) is 3.04. The zero-order chi connectivity index (χ0) is 9.19. The van der Waals surface area contributed by atoms with Gasteiger partial charge in [-0.1, -0.05) is 12.1 Å². The Labute approximate surface area is 69.6 Å². The molecule has 1 aromatic rings. The van der Waals surface area contributed by atoms with E-state index in [9.17, 15) is 13.2 Å². The molecule has 0 aliphatic rings. The van der Waals surface area contributed by atoms with Gasteiger partial charge in [-0.05, 0) is 12.1 Å². The van der Waals surface area contributed by atoms with Gasteiger partial charge in [0, 0.05) is 5.56 Å². The molecule has 4 nitrogen and oxygen atoms in total. The molecule has 5 heteroatoms. The van der Waals surface area contributed by atoms with E-state index in [1.54, 1.807) is 0 Å². The molecule has 0 fully saturated rings. The van der Waals surface area contributed by atoms with Gasteiger partial charge in [-0.2, -0.15) is 8.42 Å². The van der Waals surface area contributed by atoms with Gasteiger partial charge in [0.2, 0.25) is 0 Å². The number of aldehydes is 1. The summed E-state index contributed by atoms with van der Waals surface area (Å²) in [7, 11) is -4.19. The first-order valence-corrected chi connectivity index (χ1v) is 4.51. The average Bonchev–Trinajstić information content (AvgIpc) is 2.03. The second-order valence-corrected chi connectivity index (χ2v) is 3.59. The summed E-state index contributed by atoms with van der Waals surface area (Å²) in [6.07, 6.45) is 0.509. The molecular formula is C7H6O4S. The molecule has 0 saturated heterocycles. The standard InChI is InChI=1S/C7H6O4S/c8-5-6-2-1-3-7(4-6)12(9,10)11/h1-5H,(H,9,10,11). The van der Waals surface area contributed by atoms with Crippen molar-refractivity contribution in [3.63, 3.8) is 0 Å². The van der Waals surface area contributed by atoms with Crippen LogP contribution in [0.4, 0.5) is 0 Å². The summed E-state index contributed by atoms with van der Waals surface area (Å²) in [6, 6.07) is 5.14. The molecule has 1 N–H and O–H groups in total. The highest BCUT2D eigenvalue weighted by Crippen LogP contribution is 2.09. The zero-order valence-electron chi connectivity index (χ0n) is 5.97.